The van der Waals surface area contributed by atoms with Gasteiger partial charge in [0.1, 0.15) is 0 Å². The van der Waals surface area contributed by atoms with Crippen molar-refractivity contribution in [3.63, 3.8) is 0 Å². The first-order valence-electron chi connectivity index (χ1n) is 7.60. The maximum Gasteiger partial charge on any atom is 0.220 e. The highest BCUT2D eigenvalue weighted by Crippen LogP contribution is 2.27. The molecule has 0 unspecified atom stereocenters. The molecule has 19 heavy (non-hydrogen) atoms. The molecular formula is C17H25NO. The summed E-state index contributed by atoms with van der Waals surface area (Å²) in [6, 6.07) is 10.3. The molecule has 1 aromatic carbocycles. The van der Waals surface area contributed by atoms with E-state index in [0.717, 1.165) is 12.3 Å². The third kappa shape index (κ3) is 4.70. The summed E-state index contributed by atoms with van der Waals surface area (Å²) in [4.78, 5) is 12.0. The summed E-state index contributed by atoms with van der Waals surface area (Å²) in [5.41, 5.74) is 1.17. The minimum Gasteiger partial charge on any atom is -0.350 e. The van der Waals surface area contributed by atoms with Gasteiger partial charge in [-0.2, -0.15) is 0 Å². The average Bonchev–Trinajstić information content (AvgIpc) is 2.47. The van der Waals surface area contributed by atoms with Gasteiger partial charge in [0.25, 0.3) is 0 Å². The topological polar surface area (TPSA) is 29.1 Å². The van der Waals surface area contributed by atoms with Crippen molar-refractivity contribution >= 4 is 5.91 Å². The maximum atomic E-state index is 12.0. The molecule has 1 saturated carbocycles. The van der Waals surface area contributed by atoms with Crippen LogP contribution in [0, 0.1) is 5.92 Å². The lowest BCUT2D eigenvalue weighted by Crippen LogP contribution is -2.27. The molecule has 1 N–H and O–H groups in total. The number of amides is 1. The zero-order chi connectivity index (χ0) is 13.5. The van der Waals surface area contributed by atoms with Crippen LogP contribution in [-0.2, 0) is 4.79 Å². The van der Waals surface area contributed by atoms with Crippen molar-refractivity contribution < 1.29 is 4.79 Å². The van der Waals surface area contributed by atoms with E-state index in [4.69, 9.17) is 0 Å². The number of benzene rings is 1. The van der Waals surface area contributed by atoms with Crippen molar-refractivity contribution in [3.05, 3.63) is 35.9 Å². The van der Waals surface area contributed by atoms with Gasteiger partial charge in [0.2, 0.25) is 5.91 Å². The normalized spacial score (nSPS) is 17.9. The average molecular weight is 259 g/mol. The predicted octanol–water partition coefficient (Wildman–Crippen LogP) is 4.22. The van der Waals surface area contributed by atoms with Crippen molar-refractivity contribution in [3.8, 4) is 0 Å². The SMILES string of the molecule is C[C@@H](NC(=O)CCC1CCCCC1)c1ccccc1. The van der Waals surface area contributed by atoms with Crippen molar-refractivity contribution in [2.24, 2.45) is 5.92 Å². The van der Waals surface area contributed by atoms with E-state index >= 15 is 0 Å². The monoisotopic (exact) mass is 259 g/mol. The molecule has 0 heterocycles. The molecule has 0 spiro atoms. The van der Waals surface area contributed by atoms with E-state index in [0.29, 0.717) is 6.42 Å². The maximum absolute atomic E-state index is 12.0. The van der Waals surface area contributed by atoms with Gasteiger partial charge >= 0.3 is 0 Å². The van der Waals surface area contributed by atoms with Gasteiger partial charge in [-0.15, -0.1) is 0 Å². The second-order valence-electron chi connectivity index (χ2n) is 5.74. The highest BCUT2D eigenvalue weighted by atomic mass is 16.1. The Hall–Kier alpha value is -1.31. The lowest BCUT2D eigenvalue weighted by atomic mass is 9.86. The van der Waals surface area contributed by atoms with E-state index in [-0.39, 0.29) is 11.9 Å². The molecule has 1 aliphatic carbocycles. The zero-order valence-corrected chi connectivity index (χ0v) is 11.9. The van der Waals surface area contributed by atoms with Crippen molar-refractivity contribution in [2.45, 2.75) is 57.9 Å². The van der Waals surface area contributed by atoms with Gasteiger partial charge in [-0.1, -0.05) is 62.4 Å². The van der Waals surface area contributed by atoms with Crippen molar-refractivity contribution in [1.82, 2.24) is 5.32 Å². The van der Waals surface area contributed by atoms with Crippen LogP contribution in [0.3, 0.4) is 0 Å². The molecule has 1 aromatic rings. The Kier molecular flexibility index (Phi) is 5.44. The molecule has 2 heteroatoms. The zero-order valence-electron chi connectivity index (χ0n) is 11.9. The third-order valence-electron chi connectivity index (χ3n) is 4.18. The molecule has 1 atom stereocenters. The Morgan fingerprint density at radius 1 is 1.21 bits per heavy atom. The Balaban J connectivity index is 1.71. The molecule has 2 nitrogen and oxygen atoms in total. The van der Waals surface area contributed by atoms with Crippen LogP contribution in [0.25, 0.3) is 0 Å². The first-order valence-corrected chi connectivity index (χ1v) is 7.60. The number of rotatable bonds is 5. The van der Waals surface area contributed by atoms with Crippen LogP contribution in [0.5, 0.6) is 0 Å². The highest BCUT2D eigenvalue weighted by molar-refractivity contribution is 5.76. The van der Waals surface area contributed by atoms with Crippen LogP contribution in [0.4, 0.5) is 0 Å². The smallest absolute Gasteiger partial charge is 0.220 e. The summed E-state index contributed by atoms with van der Waals surface area (Å²) in [7, 11) is 0. The quantitative estimate of drug-likeness (QED) is 0.842. The van der Waals surface area contributed by atoms with Gasteiger partial charge in [-0.3, -0.25) is 4.79 Å². The Morgan fingerprint density at radius 2 is 1.89 bits per heavy atom. The molecule has 0 bridgehead atoms. The van der Waals surface area contributed by atoms with Gasteiger partial charge in [-0.05, 0) is 24.8 Å². The lowest BCUT2D eigenvalue weighted by molar-refractivity contribution is -0.122. The van der Waals surface area contributed by atoms with Crippen molar-refractivity contribution in [2.75, 3.05) is 0 Å². The van der Waals surface area contributed by atoms with Crippen LogP contribution >= 0.6 is 0 Å². The van der Waals surface area contributed by atoms with Crippen LogP contribution in [0.2, 0.25) is 0 Å². The molecule has 1 fully saturated rings. The van der Waals surface area contributed by atoms with E-state index in [1.165, 1.54) is 37.7 Å². The fraction of sp³-hybridized carbons (Fsp3) is 0.588. The summed E-state index contributed by atoms with van der Waals surface area (Å²) >= 11 is 0. The summed E-state index contributed by atoms with van der Waals surface area (Å²) in [6.45, 7) is 2.05. The van der Waals surface area contributed by atoms with Crippen LogP contribution < -0.4 is 5.32 Å². The third-order valence-corrected chi connectivity index (χ3v) is 4.18. The number of carbonyl (C=O) groups is 1. The highest BCUT2D eigenvalue weighted by Gasteiger charge is 2.15. The molecule has 104 valence electrons. The molecular weight excluding hydrogens is 234 g/mol. The Morgan fingerprint density at radius 3 is 2.58 bits per heavy atom. The molecule has 0 aromatic heterocycles. The molecule has 0 radical (unpaired) electrons. The number of hydrogen-bond donors (Lipinski definition) is 1. The predicted molar refractivity (Wildman–Crippen MR) is 78.8 cm³/mol. The number of carbonyl (C=O) groups excluding carboxylic acids is 1. The number of nitrogens with one attached hydrogen (secondary N) is 1. The standard InChI is InChI=1S/C17H25NO/c1-14(16-10-6-3-7-11-16)18-17(19)13-12-15-8-4-2-5-9-15/h3,6-7,10-11,14-15H,2,4-5,8-9,12-13H2,1H3,(H,18,19)/t14-/m1/s1. The Labute approximate surface area is 116 Å². The lowest BCUT2D eigenvalue weighted by Gasteiger charge is -2.21. The summed E-state index contributed by atoms with van der Waals surface area (Å²) < 4.78 is 0. The second kappa shape index (κ2) is 7.32. The van der Waals surface area contributed by atoms with Crippen LogP contribution in [0.1, 0.15) is 63.5 Å². The number of hydrogen-bond acceptors (Lipinski definition) is 1. The molecule has 2 rings (SSSR count). The van der Waals surface area contributed by atoms with Gasteiger partial charge in [0, 0.05) is 6.42 Å². The van der Waals surface area contributed by atoms with Gasteiger partial charge in [0.15, 0.2) is 0 Å². The van der Waals surface area contributed by atoms with Gasteiger partial charge in [0.05, 0.1) is 6.04 Å². The van der Waals surface area contributed by atoms with E-state index in [9.17, 15) is 4.79 Å². The van der Waals surface area contributed by atoms with Crippen molar-refractivity contribution in [1.29, 1.82) is 0 Å². The van der Waals surface area contributed by atoms with E-state index < -0.39 is 0 Å². The molecule has 1 amide bonds. The van der Waals surface area contributed by atoms with E-state index in [1.54, 1.807) is 0 Å². The summed E-state index contributed by atoms with van der Waals surface area (Å²) in [5.74, 6) is 0.980. The van der Waals surface area contributed by atoms with Crippen LogP contribution in [-0.4, -0.2) is 5.91 Å². The van der Waals surface area contributed by atoms with E-state index in [1.807, 2.05) is 25.1 Å². The molecule has 0 aliphatic heterocycles. The first-order chi connectivity index (χ1) is 9.25. The summed E-state index contributed by atoms with van der Waals surface area (Å²) in [5, 5.41) is 3.10. The minimum atomic E-state index is 0.111. The first kappa shape index (κ1) is 14.1. The second-order valence-corrected chi connectivity index (χ2v) is 5.74. The Bertz CT molecular complexity index is 382. The van der Waals surface area contributed by atoms with E-state index in [2.05, 4.69) is 17.4 Å². The van der Waals surface area contributed by atoms with Crippen LogP contribution in [0.15, 0.2) is 30.3 Å². The van der Waals surface area contributed by atoms with Gasteiger partial charge < -0.3 is 5.32 Å². The summed E-state index contributed by atoms with van der Waals surface area (Å²) in [6.07, 6.45) is 8.48. The largest absolute Gasteiger partial charge is 0.350 e. The van der Waals surface area contributed by atoms with Gasteiger partial charge in [-0.25, -0.2) is 0 Å². The fourth-order valence-electron chi connectivity index (χ4n) is 2.95. The fourth-order valence-corrected chi connectivity index (χ4v) is 2.95. The molecule has 1 aliphatic rings. The molecule has 0 saturated heterocycles. The minimum absolute atomic E-state index is 0.111.